The Morgan fingerprint density at radius 3 is 1.55 bits per heavy atom. The number of anilines is 3. The molecule has 0 N–H and O–H groups in total. The molecule has 230 valence electrons. The molecule has 49 heavy (non-hydrogen) atoms. The monoisotopic (exact) mass is 623 g/mol. The zero-order valence-corrected chi connectivity index (χ0v) is 27.0. The van der Waals surface area contributed by atoms with Gasteiger partial charge >= 0.3 is 0 Å². The third kappa shape index (κ3) is 5.13. The summed E-state index contributed by atoms with van der Waals surface area (Å²) in [5.74, 6) is 0. The maximum absolute atomic E-state index is 2.46. The molecule has 0 aliphatic carbocycles. The summed E-state index contributed by atoms with van der Waals surface area (Å²) >= 11 is 0. The Hall–Kier alpha value is -6.44. The van der Waals surface area contributed by atoms with Crippen molar-refractivity contribution < 1.29 is 0 Å². The van der Waals surface area contributed by atoms with Gasteiger partial charge in [0.25, 0.3) is 0 Å². The minimum absolute atomic E-state index is 1.10. The lowest BCUT2D eigenvalue weighted by molar-refractivity contribution is 1.29. The highest BCUT2D eigenvalue weighted by Crippen LogP contribution is 2.47. The Balaban J connectivity index is 1.34. The smallest absolute Gasteiger partial charge is 0.0540 e. The van der Waals surface area contributed by atoms with Crippen LogP contribution in [0.25, 0.3) is 65.7 Å². The molecule has 0 spiro atoms. The summed E-state index contributed by atoms with van der Waals surface area (Å²) < 4.78 is 0. The Bertz CT molecular complexity index is 2610. The predicted molar refractivity (Wildman–Crippen MR) is 210 cm³/mol. The van der Waals surface area contributed by atoms with Crippen LogP contribution in [-0.4, -0.2) is 0 Å². The van der Waals surface area contributed by atoms with Gasteiger partial charge in [-0.05, 0) is 84.9 Å². The van der Waals surface area contributed by atoms with E-state index in [0.717, 1.165) is 17.1 Å². The van der Waals surface area contributed by atoms with E-state index in [1.807, 2.05) is 0 Å². The Morgan fingerprint density at radius 1 is 0.265 bits per heavy atom. The van der Waals surface area contributed by atoms with Crippen LogP contribution in [0.4, 0.5) is 17.1 Å². The van der Waals surface area contributed by atoms with E-state index in [4.69, 9.17) is 0 Å². The van der Waals surface area contributed by atoms with Crippen LogP contribution in [0.15, 0.2) is 200 Å². The number of hydrogen-bond donors (Lipinski definition) is 0. The SMILES string of the molecule is c1ccc(-c2cccc(N(c3ccccc3-c3cccc4ccccc34)c3ccccc3-c3cc4ccccc4c4ccccc34)c2)cc1. The minimum Gasteiger partial charge on any atom is -0.309 e. The molecule has 0 radical (unpaired) electrons. The number of hydrogen-bond acceptors (Lipinski definition) is 1. The average Bonchev–Trinajstić information content (AvgIpc) is 3.18. The summed E-state index contributed by atoms with van der Waals surface area (Å²) in [5.41, 5.74) is 10.5. The van der Waals surface area contributed by atoms with Crippen molar-refractivity contribution in [3.05, 3.63) is 200 Å². The molecule has 0 saturated carbocycles. The molecular formula is C48H33N. The van der Waals surface area contributed by atoms with Gasteiger partial charge in [0.1, 0.15) is 0 Å². The fourth-order valence-corrected chi connectivity index (χ4v) is 7.39. The maximum Gasteiger partial charge on any atom is 0.0540 e. The molecular weight excluding hydrogens is 591 g/mol. The molecule has 0 saturated heterocycles. The van der Waals surface area contributed by atoms with Crippen molar-refractivity contribution in [1.82, 2.24) is 0 Å². The van der Waals surface area contributed by atoms with Crippen molar-refractivity contribution in [2.45, 2.75) is 0 Å². The molecule has 1 nitrogen and oxygen atoms in total. The number of rotatable bonds is 6. The Morgan fingerprint density at radius 2 is 0.776 bits per heavy atom. The van der Waals surface area contributed by atoms with Crippen LogP contribution in [0.1, 0.15) is 0 Å². The Kier molecular flexibility index (Phi) is 7.22. The van der Waals surface area contributed by atoms with Crippen molar-refractivity contribution in [3.63, 3.8) is 0 Å². The number of fused-ring (bicyclic) bond motifs is 4. The van der Waals surface area contributed by atoms with Crippen LogP contribution in [0.3, 0.4) is 0 Å². The lowest BCUT2D eigenvalue weighted by Gasteiger charge is -2.30. The molecule has 0 fully saturated rings. The first-order chi connectivity index (χ1) is 24.3. The zero-order valence-electron chi connectivity index (χ0n) is 27.0. The standard InChI is InChI=1S/C48H33N/c1-2-16-34(17-3-1)36-21-14-22-38(32-36)49(47-30-12-10-27-44(47)42-29-15-20-35-18-4-6-23-39(35)42)48-31-13-11-28-45(48)46-33-37-19-5-7-24-40(37)41-25-8-9-26-43(41)46/h1-33H. The maximum atomic E-state index is 2.46. The van der Waals surface area contributed by atoms with Gasteiger partial charge in [0.2, 0.25) is 0 Å². The van der Waals surface area contributed by atoms with E-state index in [-0.39, 0.29) is 0 Å². The van der Waals surface area contributed by atoms with Crippen LogP contribution in [-0.2, 0) is 0 Å². The number of benzene rings is 9. The highest BCUT2D eigenvalue weighted by molar-refractivity contribution is 6.15. The molecule has 0 unspecified atom stereocenters. The summed E-state index contributed by atoms with van der Waals surface area (Å²) in [5, 5.41) is 7.49. The zero-order chi connectivity index (χ0) is 32.6. The van der Waals surface area contributed by atoms with Gasteiger partial charge in [-0.25, -0.2) is 0 Å². The molecule has 0 atom stereocenters. The van der Waals surface area contributed by atoms with E-state index < -0.39 is 0 Å². The summed E-state index contributed by atoms with van der Waals surface area (Å²) in [4.78, 5) is 2.46. The highest BCUT2D eigenvalue weighted by Gasteiger charge is 2.22. The van der Waals surface area contributed by atoms with Crippen LogP contribution in [0, 0.1) is 0 Å². The van der Waals surface area contributed by atoms with Crippen molar-refractivity contribution in [3.8, 4) is 33.4 Å². The molecule has 9 rings (SSSR count). The predicted octanol–water partition coefficient (Wildman–Crippen LogP) is 13.6. The molecule has 0 bridgehead atoms. The first-order valence-electron chi connectivity index (χ1n) is 16.9. The van der Waals surface area contributed by atoms with Crippen LogP contribution >= 0.6 is 0 Å². The van der Waals surface area contributed by atoms with Crippen molar-refractivity contribution in [1.29, 1.82) is 0 Å². The van der Waals surface area contributed by atoms with Gasteiger partial charge in [-0.2, -0.15) is 0 Å². The first-order valence-corrected chi connectivity index (χ1v) is 16.9. The minimum atomic E-state index is 1.10. The molecule has 0 heterocycles. The summed E-state index contributed by atoms with van der Waals surface area (Å²) in [6, 6.07) is 72.5. The topological polar surface area (TPSA) is 3.24 Å². The second kappa shape index (κ2) is 12.3. The summed E-state index contributed by atoms with van der Waals surface area (Å²) in [6.07, 6.45) is 0. The van der Waals surface area contributed by atoms with Gasteiger partial charge < -0.3 is 4.90 Å². The van der Waals surface area contributed by atoms with Gasteiger partial charge in [-0.1, -0.05) is 170 Å². The quantitative estimate of drug-likeness (QED) is 0.167. The van der Waals surface area contributed by atoms with Crippen molar-refractivity contribution in [2.24, 2.45) is 0 Å². The van der Waals surface area contributed by atoms with E-state index in [9.17, 15) is 0 Å². The first kappa shape index (κ1) is 28.8. The van der Waals surface area contributed by atoms with E-state index in [0.29, 0.717) is 0 Å². The molecule has 0 amide bonds. The summed E-state index contributed by atoms with van der Waals surface area (Å²) in [7, 11) is 0. The van der Waals surface area contributed by atoms with Crippen LogP contribution in [0.2, 0.25) is 0 Å². The van der Waals surface area contributed by atoms with E-state index >= 15 is 0 Å². The molecule has 0 aliphatic rings. The fourth-order valence-electron chi connectivity index (χ4n) is 7.39. The summed E-state index contributed by atoms with van der Waals surface area (Å²) in [6.45, 7) is 0. The van der Waals surface area contributed by atoms with E-state index in [1.54, 1.807) is 0 Å². The van der Waals surface area contributed by atoms with Gasteiger partial charge in [0.05, 0.1) is 11.4 Å². The lowest BCUT2D eigenvalue weighted by Crippen LogP contribution is -2.12. The number of nitrogens with zero attached hydrogens (tertiary/aromatic N) is 1. The van der Waals surface area contributed by atoms with E-state index in [2.05, 4.69) is 205 Å². The van der Waals surface area contributed by atoms with Crippen molar-refractivity contribution >= 4 is 49.4 Å². The number of para-hydroxylation sites is 2. The van der Waals surface area contributed by atoms with Gasteiger partial charge in [0.15, 0.2) is 0 Å². The van der Waals surface area contributed by atoms with Crippen LogP contribution in [0.5, 0.6) is 0 Å². The molecule has 1 heteroatoms. The third-order valence-corrected chi connectivity index (χ3v) is 9.64. The average molecular weight is 624 g/mol. The molecule has 0 aromatic heterocycles. The lowest BCUT2D eigenvalue weighted by atomic mass is 9.91. The van der Waals surface area contributed by atoms with Gasteiger partial charge in [-0.15, -0.1) is 0 Å². The van der Waals surface area contributed by atoms with Gasteiger partial charge in [0, 0.05) is 16.8 Å². The van der Waals surface area contributed by atoms with Crippen LogP contribution < -0.4 is 4.90 Å². The second-order valence-electron chi connectivity index (χ2n) is 12.5. The molecule has 9 aromatic rings. The van der Waals surface area contributed by atoms with Crippen molar-refractivity contribution in [2.75, 3.05) is 4.90 Å². The highest BCUT2D eigenvalue weighted by atomic mass is 15.1. The normalized spacial score (nSPS) is 11.3. The largest absolute Gasteiger partial charge is 0.309 e. The van der Waals surface area contributed by atoms with E-state index in [1.165, 1.54) is 65.7 Å². The third-order valence-electron chi connectivity index (χ3n) is 9.64. The van der Waals surface area contributed by atoms with Gasteiger partial charge in [-0.3, -0.25) is 0 Å². The fraction of sp³-hybridized carbons (Fsp3) is 0. The second-order valence-corrected chi connectivity index (χ2v) is 12.5. The molecule has 0 aliphatic heterocycles. The Labute approximate surface area is 287 Å². The molecule has 9 aromatic carbocycles.